The summed E-state index contributed by atoms with van der Waals surface area (Å²) in [5.41, 5.74) is 17.2. The SMILES string of the molecule is c1ccc(-c2ccc(N(c3ccc(-c4ccccc4)cc3)c3cc(-c4cc5ccccc5c5ccccc45)cc(N(c4ccc(-c5cccc6ccccc56)cc4)c4ccc5oc6ccccc6c5c4)c3)cc2)cc1. The smallest absolute Gasteiger partial charge is 0.135 e. The predicted octanol–water partition coefficient (Wildman–Crippen LogP) is 20.7. The summed E-state index contributed by atoms with van der Waals surface area (Å²) < 4.78 is 6.45. The third kappa shape index (κ3) is 8.04. The topological polar surface area (TPSA) is 19.6 Å². The molecule has 0 spiro atoms. The largest absolute Gasteiger partial charge is 0.456 e. The molecule has 1 heterocycles. The Balaban J connectivity index is 1.03. The number of hydrogen-bond donors (Lipinski definition) is 0. The van der Waals surface area contributed by atoms with E-state index in [1.165, 1.54) is 49.0 Å². The van der Waals surface area contributed by atoms with Crippen LogP contribution in [0, 0.1) is 0 Å². The molecule has 13 aromatic carbocycles. The van der Waals surface area contributed by atoms with Crippen molar-refractivity contribution in [3.63, 3.8) is 0 Å². The average Bonchev–Trinajstić information content (AvgIpc) is 3.86. The molecular weight excluding hydrogens is 909 g/mol. The summed E-state index contributed by atoms with van der Waals surface area (Å²) in [6.07, 6.45) is 0. The van der Waals surface area contributed by atoms with Crippen LogP contribution in [-0.2, 0) is 0 Å². The number of rotatable bonds is 10. The number of fused-ring (bicyclic) bond motifs is 7. The zero-order valence-electron chi connectivity index (χ0n) is 41.0. The van der Waals surface area contributed by atoms with Crippen LogP contribution in [0.25, 0.3) is 98.8 Å². The van der Waals surface area contributed by atoms with Gasteiger partial charge < -0.3 is 14.2 Å². The lowest BCUT2D eigenvalue weighted by atomic mass is 9.92. The standard InChI is InChI=1S/C72H48N2O/c1-3-16-49(17-4-1)51-30-36-57(37-31-51)73(58-38-32-52(33-39-58)50-18-5-2-6-19-50)61-44-56(69-46-55-21-8-10-24-65(55)66-25-11-12-26-67(66)69)45-62(47-61)74(60-42-43-72-70(48-60)68-27-13-14-29-71(68)75-72)59-40-34-54(35-41-59)64-28-15-22-53-20-7-9-23-63(53)64/h1-48H. The highest BCUT2D eigenvalue weighted by molar-refractivity contribution is 6.14. The molecule has 0 aliphatic heterocycles. The first-order valence-corrected chi connectivity index (χ1v) is 25.6. The number of benzene rings is 13. The minimum atomic E-state index is 0.854. The maximum atomic E-state index is 6.45. The van der Waals surface area contributed by atoms with Crippen LogP contribution < -0.4 is 9.80 Å². The van der Waals surface area contributed by atoms with Gasteiger partial charge in [-0.2, -0.15) is 0 Å². The number of anilines is 6. The van der Waals surface area contributed by atoms with Crippen molar-refractivity contribution >= 4 is 88.4 Å². The van der Waals surface area contributed by atoms with Gasteiger partial charge in [-0.25, -0.2) is 0 Å². The number of hydrogen-bond acceptors (Lipinski definition) is 3. The zero-order valence-corrected chi connectivity index (χ0v) is 41.0. The molecule has 0 amide bonds. The van der Waals surface area contributed by atoms with Gasteiger partial charge in [0.15, 0.2) is 0 Å². The number of para-hydroxylation sites is 1. The summed E-state index contributed by atoms with van der Waals surface area (Å²) in [4.78, 5) is 4.83. The van der Waals surface area contributed by atoms with Gasteiger partial charge in [0.25, 0.3) is 0 Å². The Morgan fingerprint density at radius 3 is 1.29 bits per heavy atom. The van der Waals surface area contributed by atoms with Crippen LogP contribution in [0.4, 0.5) is 34.1 Å². The summed E-state index contributed by atoms with van der Waals surface area (Å²) in [5, 5.41) is 9.46. The molecule has 14 aromatic rings. The second-order valence-corrected chi connectivity index (χ2v) is 19.3. The van der Waals surface area contributed by atoms with Crippen molar-refractivity contribution in [2.24, 2.45) is 0 Å². The Bertz CT molecular complexity index is 4300. The lowest BCUT2D eigenvalue weighted by Gasteiger charge is -2.31. The van der Waals surface area contributed by atoms with Crippen LogP contribution in [0.3, 0.4) is 0 Å². The molecule has 352 valence electrons. The maximum absolute atomic E-state index is 6.45. The minimum absolute atomic E-state index is 0.854. The molecule has 0 unspecified atom stereocenters. The monoisotopic (exact) mass is 956 g/mol. The molecule has 3 heteroatoms. The van der Waals surface area contributed by atoms with Gasteiger partial charge in [-0.1, -0.05) is 206 Å². The fraction of sp³-hybridized carbons (Fsp3) is 0. The van der Waals surface area contributed by atoms with Crippen molar-refractivity contribution in [1.29, 1.82) is 0 Å². The Kier molecular flexibility index (Phi) is 10.8. The van der Waals surface area contributed by atoms with Crippen LogP contribution in [0.15, 0.2) is 296 Å². The fourth-order valence-corrected chi connectivity index (χ4v) is 11.2. The van der Waals surface area contributed by atoms with E-state index in [4.69, 9.17) is 4.42 Å². The molecule has 14 rings (SSSR count). The first-order chi connectivity index (χ1) is 37.2. The highest BCUT2D eigenvalue weighted by Gasteiger charge is 2.22. The maximum Gasteiger partial charge on any atom is 0.135 e. The summed E-state index contributed by atoms with van der Waals surface area (Å²) >= 11 is 0. The van der Waals surface area contributed by atoms with E-state index < -0.39 is 0 Å². The van der Waals surface area contributed by atoms with E-state index in [0.717, 1.165) is 83.9 Å². The number of nitrogens with zero attached hydrogens (tertiary/aromatic N) is 2. The van der Waals surface area contributed by atoms with E-state index in [-0.39, 0.29) is 0 Å². The van der Waals surface area contributed by atoms with Gasteiger partial charge >= 0.3 is 0 Å². The highest BCUT2D eigenvalue weighted by Crippen LogP contribution is 2.47. The normalized spacial score (nSPS) is 11.5. The molecule has 1 aromatic heterocycles. The lowest BCUT2D eigenvalue weighted by Crippen LogP contribution is -2.14. The van der Waals surface area contributed by atoms with Crippen molar-refractivity contribution in [3.05, 3.63) is 291 Å². The molecule has 0 fully saturated rings. The molecule has 3 nitrogen and oxygen atoms in total. The van der Waals surface area contributed by atoms with E-state index in [1.54, 1.807) is 0 Å². The first-order valence-electron chi connectivity index (χ1n) is 25.6. The molecule has 0 radical (unpaired) electrons. The molecule has 0 bridgehead atoms. The molecule has 0 aliphatic carbocycles. The van der Waals surface area contributed by atoms with Crippen molar-refractivity contribution in [2.45, 2.75) is 0 Å². The van der Waals surface area contributed by atoms with Crippen molar-refractivity contribution in [1.82, 2.24) is 0 Å². The third-order valence-electron chi connectivity index (χ3n) is 14.8. The average molecular weight is 957 g/mol. The van der Waals surface area contributed by atoms with E-state index in [1.807, 2.05) is 6.07 Å². The highest BCUT2D eigenvalue weighted by atomic mass is 16.3. The molecule has 0 N–H and O–H groups in total. The Hall–Kier alpha value is -9.96. The summed E-state index contributed by atoms with van der Waals surface area (Å²) in [6, 6.07) is 106. The van der Waals surface area contributed by atoms with E-state index >= 15 is 0 Å². The second kappa shape index (κ2) is 18.6. The quantitative estimate of drug-likeness (QED) is 0.127. The molecule has 0 saturated heterocycles. The van der Waals surface area contributed by atoms with E-state index in [9.17, 15) is 0 Å². The van der Waals surface area contributed by atoms with E-state index in [2.05, 4.69) is 295 Å². The van der Waals surface area contributed by atoms with Crippen molar-refractivity contribution < 1.29 is 4.42 Å². The number of furan rings is 1. The van der Waals surface area contributed by atoms with Crippen LogP contribution in [-0.4, -0.2) is 0 Å². The summed E-state index contributed by atoms with van der Waals surface area (Å²) in [7, 11) is 0. The van der Waals surface area contributed by atoms with Gasteiger partial charge in [-0.15, -0.1) is 0 Å². The molecule has 75 heavy (non-hydrogen) atoms. The van der Waals surface area contributed by atoms with Gasteiger partial charge in [0.05, 0.1) is 0 Å². The van der Waals surface area contributed by atoms with Gasteiger partial charge in [-0.3, -0.25) is 0 Å². The van der Waals surface area contributed by atoms with Gasteiger partial charge in [0.1, 0.15) is 11.2 Å². The van der Waals surface area contributed by atoms with Crippen LogP contribution in [0.5, 0.6) is 0 Å². The Morgan fingerprint density at radius 1 is 0.200 bits per heavy atom. The molecule has 0 atom stereocenters. The second-order valence-electron chi connectivity index (χ2n) is 19.3. The molecule has 0 aliphatic rings. The van der Waals surface area contributed by atoms with E-state index in [0.29, 0.717) is 0 Å². The zero-order chi connectivity index (χ0) is 49.7. The van der Waals surface area contributed by atoms with Crippen molar-refractivity contribution in [2.75, 3.05) is 9.80 Å². The van der Waals surface area contributed by atoms with Gasteiger partial charge in [0.2, 0.25) is 0 Å². The third-order valence-corrected chi connectivity index (χ3v) is 14.8. The van der Waals surface area contributed by atoms with Crippen LogP contribution in [0.1, 0.15) is 0 Å². The Labute approximate surface area is 436 Å². The predicted molar refractivity (Wildman–Crippen MR) is 317 cm³/mol. The first kappa shape index (κ1) is 43.8. The summed E-state index contributed by atoms with van der Waals surface area (Å²) in [5.74, 6) is 0. The van der Waals surface area contributed by atoms with Crippen LogP contribution in [0.2, 0.25) is 0 Å². The summed E-state index contributed by atoms with van der Waals surface area (Å²) in [6.45, 7) is 0. The fourth-order valence-electron chi connectivity index (χ4n) is 11.2. The van der Waals surface area contributed by atoms with Crippen molar-refractivity contribution in [3.8, 4) is 44.5 Å². The van der Waals surface area contributed by atoms with Crippen LogP contribution >= 0.6 is 0 Å². The van der Waals surface area contributed by atoms with Gasteiger partial charge in [-0.05, 0) is 162 Å². The molecular formula is C72H48N2O. The molecule has 0 saturated carbocycles. The van der Waals surface area contributed by atoms with Gasteiger partial charge in [0, 0.05) is 44.9 Å². The lowest BCUT2D eigenvalue weighted by molar-refractivity contribution is 0.669. The minimum Gasteiger partial charge on any atom is -0.456 e. The Morgan fingerprint density at radius 2 is 0.653 bits per heavy atom.